The molecule has 0 aliphatic heterocycles. The van der Waals surface area contributed by atoms with Gasteiger partial charge in [-0.3, -0.25) is 0 Å². The zero-order valence-corrected chi connectivity index (χ0v) is 9.37. The summed E-state index contributed by atoms with van der Waals surface area (Å²) in [5.74, 6) is 1.20. The molecule has 0 saturated carbocycles. The summed E-state index contributed by atoms with van der Waals surface area (Å²) in [5.41, 5.74) is 7.36. The zero-order chi connectivity index (χ0) is 10.7. The van der Waals surface area contributed by atoms with Crippen LogP contribution in [-0.2, 0) is 6.54 Å². The van der Waals surface area contributed by atoms with Crippen LogP contribution in [0.15, 0.2) is 0 Å². The molecule has 1 rings (SSSR count). The van der Waals surface area contributed by atoms with Crippen LogP contribution < -0.4 is 10.5 Å². The van der Waals surface area contributed by atoms with E-state index in [1.807, 2.05) is 13.8 Å². The van der Waals surface area contributed by atoms with Crippen LogP contribution in [-0.4, -0.2) is 16.4 Å². The first-order chi connectivity index (χ1) is 6.56. The summed E-state index contributed by atoms with van der Waals surface area (Å²) < 4.78 is 7.42. The SMILES string of the molecule is CCn1nc(C)c(N)c1OCC(C)C. The van der Waals surface area contributed by atoms with Gasteiger partial charge in [-0.05, 0) is 19.8 Å². The molecule has 0 fully saturated rings. The quantitative estimate of drug-likeness (QED) is 0.801. The molecule has 0 aliphatic carbocycles. The Balaban J connectivity index is 2.82. The van der Waals surface area contributed by atoms with Gasteiger partial charge in [-0.1, -0.05) is 13.8 Å². The molecule has 1 aromatic rings. The van der Waals surface area contributed by atoms with E-state index in [0.29, 0.717) is 24.1 Å². The Morgan fingerprint density at radius 1 is 1.50 bits per heavy atom. The van der Waals surface area contributed by atoms with Crippen LogP contribution in [0.5, 0.6) is 5.88 Å². The monoisotopic (exact) mass is 197 g/mol. The number of ether oxygens (including phenoxy) is 1. The molecule has 0 aromatic carbocycles. The molecule has 14 heavy (non-hydrogen) atoms. The smallest absolute Gasteiger partial charge is 0.236 e. The third-order valence-electron chi connectivity index (χ3n) is 1.98. The molecule has 4 heteroatoms. The van der Waals surface area contributed by atoms with Gasteiger partial charge in [-0.15, -0.1) is 0 Å². The maximum atomic E-state index is 5.86. The van der Waals surface area contributed by atoms with E-state index >= 15 is 0 Å². The topological polar surface area (TPSA) is 53.1 Å². The first-order valence-electron chi connectivity index (χ1n) is 5.01. The van der Waals surface area contributed by atoms with Crippen molar-refractivity contribution in [1.82, 2.24) is 9.78 Å². The number of rotatable bonds is 4. The fourth-order valence-corrected chi connectivity index (χ4v) is 1.19. The maximum Gasteiger partial charge on any atom is 0.236 e. The largest absolute Gasteiger partial charge is 0.476 e. The molecule has 1 aromatic heterocycles. The summed E-state index contributed by atoms with van der Waals surface area (Å²) in [5, 5.41) is 4.27. The Bertz CT molecular complexity index is 305. The summed E-state index contributed by atoms with van der Waals surface area (Å²) in [6.45, 7) is 9.59. The number of nitrogens with zero attached hydrogens (tertiary/aromatic N) is 2. The van der Waals surface area contributed by atoms with Crippen LogP contribution >= 0.6 is 0 Å². The Kier molecular flexibility index (Phi) is 3.38. The first-order valence-corrected chi connectivity index (χ1v) is 5.01. The van der Waals surface area contributed by atoms with Crippen LogP contribution in [0.2, 0.25) is 0 Å². The van der Waals surface area contributed by atoms with Gasteiger partial charge in [-0.2, -0.15) is 5.10 Å². The van der Waals surface area contributed by atoms with Gasteiger partial charge in [0.15, 0.2) is 0 Å². The fourth-order valence-electron chi connectivity index (χ4n) is 1.19. The second-order valence-corrected chi connectivity index (χ2v) is 3.82. The Hall–Kier alpha value is -1.19. The van der Waals surface area contributed by atoms with E-state index < -0.39 is 0 Å². The van der Waals surface area contributed by atoms with Crippen LogP contribution in [0.1, 0.15) is 26.5 Å². The molecule has 0 saturated heterocycles. The van der Waals surface area contributed by atoms with Crippen molar-refractivity contribution in [1.29, 1.82) is 0 Å². The molecule has 0 amide bonds. The molecule has 0 atom stereocenters. The number of hydrogen-bond donors (Lipinski definition) is 1. The third-order valence-corrected chi connectivity index (χ3v) is 1.98. The van der Waals surface area contributed by atoms with Crippen molar-refractivity contribution in [2.24, 2.45) is 5.92 Å². The lowest BCUT2D eigenvalue weighted by Gasteiger charge is -2.10. The van der Waals surface area contributed by atoms with E-state index in [-0.39, 0.29) is 0 Å². The summed E-state index contributed by atoms with van der Waals surface area (Å²) in [7, 11) is 0. The van der Waals surface area contributed by atoms with Crippen molar-refractivity contribution in [2.45, 2.75) is 34.2 Å². The molecule has 80 valence electrons. The predicted octanol–water partition coefficient (Wildman–Crippen LogP) is 1.83. The van der Waals surface area contributed by atoms with Crippen molar-refractivity contribution >= 4 is 5.69 Å². The minimum Gasteiger partial charge on any atom is -0.476 e. The van der Waals surface area contributed by atoms with E-state index in [2.05, 4.69) is 18.9 Å². The summed E-state index contributed by atoms with van der Waals surface area (Å²) in [6, 6.07) is 0. The van der Waals surface area contributed by atoms with Gasteiger partial charge in [0.05, 0.1) is 12.3 Å². The lowest BCUT2D eigenvalue weighted by atomic mass is 10.2. The van der Waals surface area contributed by atoms with E-state index in [9.17, 15) is 0 Å². The van der Waals surface area contributed by atoms with Crippen LogP contribution in [0.25, 0.3) is 0 Å². The normalized spacial score (nSPS) is 10.9. The van der Waals surface area contributed by atoms with Gasteiger partial charge < -0.3 is 10.5 Å². The average Bonchev–Trinajstić information content (AvgIpc) is 2.40. The molecule has 0 radical (unpaired) electrons. The molecule has 0 spiro atoms. The van der Waals surface area contributed by atoms with Crippen molar-refractivity contribution in [3.63, 3.8) is 0 Å². The van der Waals surface area contributed by atoms with Gasteiger partial charge in [-0.25, -0.2) is 4.68 Å². The number of nitrogen functional groups attached to an aromatic ring is 1. The molecule has 0 bridgehead atoms. The van der Waals surface area contributed by atoms with Gasteiger partial charge in [0.25, 0.3) is 0 Å². The van der Waals surface area contributed by atoms with Crippen molar-refractivity contribution in [3.05, 3.63) is 5.69 Å². The number of hydrogen-bond acceptors (Lipinski definition) is 3. The Morgan fingerprint density at radius 3 is 2.64 bits per heavy atom. The van der Waals surface area contributed by atoms with Gasteiger partial charge in [0.1, 0.15) is 5.69 Å². The van der Waals surface area contributed by atoms with E-state index in [4.69, 9.17) is 10.5 Å². The van der Waals surface area contributed by atoms with Crippen LogP contribution in [0.4, 0.5) is 5.69 Å². The number of anilines is 1. The second-order valence-electron chi connectivity index (χ2n) is 3.82. The van der Waals surface area contributed by atoms with Gasteiger partial charge in [0, 0.05) is 6.54 Å². The van der Waals surface area contributed by atoms with Crippen molar-refractivity contribution < 1.29 is 4.74 Å². The third kappa shape index (κ3) is 2.19. The predicted molar refractivity (Wildman–Crippen MR) is 57.4 cm³/mol. The lowest BCUT2D eigenvalue weighted by molar-refractivity contribution is 0.247. The number of aromatic nitrogens is 2. The van der Waals surface area contributed by atoms with E-state index in [1.165, 1.54) is 0 Å². The van der Waals surface area contributed by atoms with Gasteiger partial charge in [0.2, 0.25) is 5.88 Å². The molecule has 0 unspecified atom stereocenters. The average molecular weight is 197 g/mol. The highest BCUT2D eigenvalue weighted by Gasteiger charge is 2.12. The fraction of sp³-hybridized carbons (Fsp3) is 0.700. The molecule has 2 N–H and O–H groups in total. The van der Waals surface area contributed by atoms with E-state index in [0.717, 1.165) is 12.2 Å². The summed E-state index contributed by atoms with van der Waals surface area (Å²) >= 11 is 0. The summed E-state index contributed by atoms with van der Waals surface area (Å²) in [4.78, 5) is 0. The summed E-state index contributed by atoms with van der Waals surface area (Å²) in [6.07, 6.45) is 0. The lowest BCUT2D eigenvalue weighted by Crippen LogP contribution is -2.09. The minimum atomic E-state index is 0.495. The molecule has 0 aliphatic rings. The highest BCUT2D eigenvalue weighted by molar-refractivity contribution is 5.52. The Morgan fingerprint density at radius 2 is 2.14 bits per heavy atom. The van der Waals surface area contributed by atoms with Crippen molar-refractivity contribution in [3.8, 4) is 5.88 Å². The Labute approximate surface area is 85.0 Å². The maximum absolute atomic E-state index is 5.86. The highest BCUT2D eigenvalue weighted by atomic mass is 16.5. The molecule has 4 nitrogen and oxygen atoms in total. The second kappa shape index (κ2) is 4.35. The highest BCUT2D eigenvalue weighted by Crippen LogP contribution is 2.24. The van der Waals surface area contributed by atoms with Crippen molar-refractivity contribution in [2.75, 3.05) is 12.3 Å². The van der Waals surface area contributed by atoms with Gasteiger partial charge >= 0.3 is 0 Å². The molecule has 1 heterocycles. The zero-order valence-electron chi connectivity index (χ0n) is 9.37. The first kappa shape index (κ1) is 10.9. The van der Waals surface area contributed by atoms with E-state index in [1.54, 1.807) is 4.68 Å². The molecular formula is C10H19N3O. The van der Waals surface area contributed by atoms with Crippen LogP contribution in [0.3, 0.4) is 0 Å². The number of nitrogens with two attached hydrogens (primary N) is 1. The molecular weight excluding hydrogens is 178 g/mol. The standard InChI is InChI=1S/C10H19N3O/c1-5-13-10(14-6-7(2)3)9(11)8(4)12-13/h7H,5-6,11H2,1-4H3. The minimum absolute atomic E-state index is 0.495. The van der Waals surface area contributed by atoms with Crippen LogP contribution in [0, 0.1) is 12.8 Å². The number of aryl methyl sites for hydroxylation is 2.